The molecule has 0 amide bonds. The van der Waals surface area contributed by atoms with Crippen molar-refractivity contribution in [3.05, 3.63) is 30.3 Å². The predicted octanol–water partition coefficient (Wildman–Crippen LogP) is 2.03. The summed E-state index contributed by atoms with van der Waals surface area (Å²) in [5.41, 5.74) is 0.911. The van der Waals surface area contributed by atoms with Gasteiger partial charge in [-0.1, -0.05) is 30.0 Å². The Labute approximate surface area is 123 Å². The maximum absolute atomic E-state index is 10.5. The summed E-state index contributed by atoms with van der Waals surface area (Å²) in [5.74, 6) is -0.500. The monoisotopic (exact) mass is 291 g/mol. The smallest absolute Gasteiger partial charge is 0.164 e. The molecule has 0 unspecified atom stereocenters. The number of hydrogen-bond donors (Lipinski definition) is 0. The number of carboxylic acids is 1. The lowest BCUT2D eigenvalue weighted by Gasteiger charge is -2.29. The van der Waals surface area contributed by atoms with Gasteiger partial charge in [0.1, 0.15) is 0 Å². The van der Waals surface area contributed by atoms with Crippen LogP contribution < -0.4 is 5.11 Å². The van der Waals surface area contributed by atoms with E-state index >= 15 is 0 Å². The Morgan fingerprint density at radius 2 is 1.90 bits per heavy atom. The molecule has 1 fully saturated rings. The number of carbonyl (C=O) groups is 1. The first-order chi connectivity index (χ1) is 9.75. The van der Waals surface area contributed by atoms with E-state index in [1.807, 2.05) is 30.3 Å². The SMILES string of the molecule is O=C([O-])CCSC(=Nc1ccccc1)N1CCCCC1. The lowest BCUT2D eigenvalue weighted by Crippen LogP contribution is -2.34. The van der Waals surface area contributed by atoms with Gasteiger partial charge >= 0.3 is 0 Å². The van der Waals surface area contributed by atoms with Crippen molar-refractivity contribution in [2.75, 3.05) is 18.8 Å². The van der Waals surface area contributed by atoms with Crippen molar-refractivity contribution < 1.29 is 9.90 Å². The number of nitrogens with zero attached hydrogens (tertiary/aromatic N) is 2. The highest BCUT2D eigenvalue weighted by atomic mass is 32.2. The standard InChI is InChI=1S/C15H20N2O2S/c18-14(19)9-12-20-15(17-10-5-2-6-11-17)16-13-7-3-1-4-8-13/h1,3-4,7-8H,2,5-6,9-12H2,(H,18,19)/p-1. The summed E-state index contributed by atoms with van der Waals surface area (Å²) < 4.78 is 0. The molecule has 5 heteroatoms. The summed E-state index contributed by atoms with van der Waals surface area (Å²) in [6.45, 7) is 2.01. The third kappa shape index (κ3) is 4.89. The fourth-order valence-corrected chi connectivity index (χ4v) is 3.10. The van der Waals surface area contributed by atoms with Crippen LogP contribution in [0.25, 0.3) is 0 Å². The number of carbonyl (C=O) groups excluding carboxylic acids is 1. The van der Waals surface area contributed by atoms with Crippen LogP contribution in [0, 0.1) is 0 Å². The first-order valence-corrected chi connectivity index (χ1v) is 7.95. The van der Waals surface area contributed by atoms with E-state index in [4.69, 9.17) is 0 Å². The van der Waals surface area contributed by atoms with Crippen LogP contribution in [0.3, 0.4) is 0 Å². The van der Waals surface area contributed by atoms with Gasteiger partial charge < -0.3 is 14.8 Å². The summed E-state index contributed by atoms with van der Waals surface area (Å²) in [4.78, 5) is 17.5. The van der Waals surface area contributed by atoms with Crippen molar-refractivity contribution in [1.29, 1.82) is 0 Å². The number of amidine groups is 1. The van der Waals surface area contributed by atoms with E-state index in [0.717, 1.165) is 23.9 Å². The Hall–Kier alpha value is -1.49. The van der Waals surface area contributed by atoms with E-state index in [1.165, 1.54) is 31.0 Å². The van der Waals surface area contributed by atoms with Gasteiger partial charge in [0.05, 0.1) is 5.69 Å². The molecule has 1 aliphatic heterocycles. The van der Waals surface area contributed by atoms with Crippen LogP contribution >= 0.6 is 11.8 Å². The van der Waals surface area contributed by atoms with Gasteiger partial charge in [0.2, 0.25) is 0 Å². The van der Waals surface area contributed by atoms with Gasteiger partial charge in [-0.15, -0.1) is 0 Å². The van der Waals surface area contributed by atoms with Gasteiger partial charge in [-0.05, 0) is 37.8 Å². The molecule has 0 radical (unpaired) electrons. The first kappa shape index (κ1) is 14.9. The van der Waals surface area contributed by atoms with Crippen molar-refractivity contribution in [3.63, 3.8) is 0 Å². The molecule has 0 saturated carbocycles. The van der Waals surface area contributed by atoms with Crippen LogP contribution in [0.15, 0.2) is 35.3 Å². The summed E-state index contributed by atoms with van der Waals surface area (Å²) in [6, 6.07) is 9.80. The number of rotatable bonds is 4. The number of aliphatic imine (C=N–C) groups is 1. The highest BCUT2D eigenvalue weighted by Gasteiger charge is 2.15. The molecule has 4 nitrogen and oxygen atoms in total. The quantitative estimate of drug-likeness (QED) is 0.629. The minimum atomic E-state index is -1.00. The lowest BCUT2D eigenvalue weighted by atomic mass is 10.1. The molecule has 1 aromatic carbocycles. The molecule has 108 valence electrons. The van der Waals surface area contributed by atoms with Gasteiger partial charge in [0.15, 0.2) is 5.17 Å². The molecule has 0 aliphatic carbocycles. The summed E-state index contributed by atoms with van der Waals surface area (Å²) >= 11 is 1.51. The third-order valence-electron chi connectivity index (χ3n) is 3.14. The molecule has 0 aromatic heterocycles. The van der Waals surface area contributed by atoms with Crippen LogP contribution in [0.5, 0.6) is 0 Å². The van der Waals surface area contributed by atoms with Crippen molar-refractivity contribution >= 4 is 28.6 Å². The summed E-state index contributed by atoms with van der Waals surface area (Å²) in [7, 11) is 0. The average molecular weight is 291 g/mol. The molecule has 0 bridgehead atoms. The van der Waals surface area contributed by atoms with Crippen molar-refractivity contribution in [2.45, 2.75) is 25.7 Å². The number of carboxylic acid groups (broad SMARTS) is 1. The fraction of sp³-hybridized carbons (Fsp3) is 0.467. The maximum Gasteiger partial charge on any atom is 0.164 e. The van der Waals surface area contributed by atoms with E-state index < -0.39 is 5.97 Å². The van der Waals surface area contributed by atoms with Crippen molar-refractivity contribution in [3.8, 4) is 0 Å². The van der Waals surface area contributed by atoms with Crippen molar-refractivity contribution in [2.24, 2.45) is 4.99 Å². The Morgan fingerprint density at radius 3 is 2.55 bits per heavy atom. The zero-order chi connectivity index (χ0) is 14.2. The van der Waals surface area contributed by atoms with Crippen LogP contribution in [0.1, 0.15) is 25.7 Å². The molecule has 20 heavy (non-hydrogen) atoms. The van der Waals surface area contributed by atoms with E-state index in [0.29, 0.717) is 5.75 Å². The molecule has 2 rings (SSSR count). The second-order valence-electron chi connectivity index (χ2n) is 4.75. The highest BCUT2D eigenvalue weighted by molar-refractivity contribution is 8.13. The Morgan fingerprint density at radius 1 is 1.20 bits per heavy atom. The summed E-state index contributed by atoms with van der Waals surface area (Å²) in [6.07, 6.45) is 3.68. The molecule has 1 saturated heterocycles. The Balaban J connectivity index is 2.06. The molecular formula is C15H19N2O2S-. The number of thioether (sulfide) groups is 1. The number of aliphatic carboxylic acids is 1. The van der Waals surface area contributed by atoms with Gasteiger partial charge in [-0.3, -0.25) is 0 Å². The van der Waals surface area contributed by atoms with Gasteiger partial charge in [0.25, 0.3) is 0 Å². The van der Waals surface area contributed by atoms with Gasteiger partial charge in [-0.25, -0.2) is 4.99 Å². The second-order valence-corrected chi connectivity index (χ2v) is 5.81. The number of likely N-dealkylation sites (tertiary alicyclic amines) is 1. The molecular weight excluding hydrogens is 272 g/mol. The van der Waals surface area contributed by atoms with E-state index in [1.54, 1.807) is 0 Å². The number of piperidine rings is 1. The van der Waals surface area contributed by atoms with Crippen LogP contribution in [-0.2, 0) is 4.79 Å². The number of hydrogen-bond acceptors (Lipinski definition) is 4. The van der Waals surface area contributed by atoms with E-state index in [2.05, 4.69) is 9.89 Å². The summed E-state index contributed by atoms with van der Waals surface area (Å²) in [5, 5.41) is 11.5. The van der Waals surface area contributed by atoms with Crippen LogP contribution in [0.2, 0.25) is 0 Å². The number of benzene rings is 1. The number of para-hydroxylation sites is 1. The van der Waals surface area contributed by atoms with Crippen LogP contribution in [0.4, 0.5) is 5.69 Å². The van der Waals surface area contributed by atoms with Gasteiger partial charge in [0, 0.05) is 24.8 Å². The third-order valence-corrected chi connectivity index (χ3v) is 4.16. The highest BCUT2D eigenvalue weighted by Crippen LogP contribution is 2.21. The second kappa shape index (κ2) is 7.94. The molecule has 0 N–H and O–H groups in total. The molecule has 1 aliphatic rings. The molecule has 0 atom stereocenters. The van der Waals surface area contributed by atoms with Gasteiger partial charge in [-0.2, -0.15) is 0 Å². The fourth-order valence-electron chi connectivity index (χ4n) is 2.12. The largest absolute Gasteiger partial charge is 0.550 e. The zero-order valence-corrected chi connectivity index (χ0v) is 12.3. The topological polar surface area (TPSA) is 55.7 Å². The molecule has 1 aromatic rings. The first-order valence-electron chi connectivity index (χ1n) is 6.97. The minimum absolute atomic E-state index is 0.0618. The lowest BCUT2D eigenvalue weighted by molar-refractivity contribution is -0.305. The Kier molecular flexibility index (Phi) is 5.92. The predicted molar refractivity (Wildman–Crippen MR) is 81.0 cm³/mol. The van der Waals surface area contributed by atoms with Crippen LogP contribution in [-0.4, -0.2) is 34.9 Å². The molecule has 1 heterocycles. The minimum Gasteiger partial charge on any atom is -0.550 e. The van der Waals surface area contributed by atoms with E-state index in [-0.39, 0.29) is 6.42 Å². The normalized spacial score (nSPS) is 16.2. The average Bonchev–Trinajstić information content (AvgIpc) is 2.48. The zero-order valence-electron chi connectivity index (χ0n) is 11.5. The molecule has 0 spiro atoms. The maximum atomic E-state index is 10.5. The Bertz CT molecular complexity index is 456. The van der Waals surface area contributed by atoms with E-state index in [9.17, 15) is 9.90 Å². The van der Waals surface area contributed by atoms with Crippen molar-refractivity contribution in [1.82, 2.24) is 4.90 Å².